The second-order valence-corrected chi connectivity index (χ2v) is 3.62. The van der Waals surface area contributed by atoms with E-state index in [2.05, 4.69) is 5.14 Å². The van der Waals surface area contributed by atoms with Gasteiger partial charge >= 0.3 is 0 Å². The van der Waals surface area contributed by atoms with Crippen molar-refractivity contribution in [3.63, 3.8) is 0 Å². The van der Waals surface area contributed by atoms with Crippen LogP contribution in [0.1, 0.15) is 6.92 Å². The maximum atomic E-state index is 10.3. The van der Waals surface area contributed by atoms with Gasteiger partial charge in [-0.1, -0.05) is 0 Å². The first kappa shape index (κ1) is 7.87. The molecule has 0 aliphatic rings. The molecule has 5 heteroatoms. The molecule has 0 aromatic heterocycles. The van der Waals surface area contributed by atoms with Crippen molar-refractivity contribution in [2.45, 2.75) is 12.2 Å². The molecule has 8 heavy (non-hydrogen) atoms. The smallest absolute Gasteiger partial charge is 0.212 e. The van der Waals surface area contributed by atoms with E-state index >= 15 is 0 Å². The van der Waals surface area contributed by atoms with Crippen LogP contribution in [0.3, 0.4) is 0 Å². The number of primary sulfonamides is 1. The summed E-state index contributed by atoms with van der Waals surface area (Å²) in [5, 5.41) is 4.06. The molecule has 0 aromatic rings. The lowest BCUT2D eigenvalue weighted by Gasteiger charge is -2.02. The van der Waals surface area contributed by atoms with E-state index in [1.807, 2.05) is 0 Å². The minimum Gasteiger partial charge on any atom is -0.329 e. The van der Waals surface area contributed by atoms with Crippen molar-refractivity contribution >= 4 is 10.0 Å². The standard InChI is InChI=1S/C3H10N2O2S/c1-3(2-4)8(5,6)7/h3H,2,4H2,1H3,(H2,5,6,7). The second kappa shape index (κ2) is 2.43. The molecule has 0 amide bonds. The molecule has 0 rings (SSSR count). The van der Waals surface area contributed by atoms with E-state index in [1.54, 1.807) is 0 Å². The zero-order chi connectivity index (χ0) is 6.78. The number of hydrogen-bond acceptors (Lipinski definition) is 3. The molecule has 0 aromatic carbocycles. The zero-order valence-electron chi connectivity index (χ0n) is 4.66. The van der Waals surface area contributed by atoms with Crippen molar-refractivity contribution in [1.82, 2.24) is 0 Å². The minimum atomic E-state index is -3.38. The van der Waals surface area contributed by atoms with Gasteiger partial charge in [0.2, 0.25) is 10.0 Å². The van der Waals surface area contributed by atoms with Gasteiger partial charge in [-0.2, -0.15) is 0 Å². The predicted molar refractivity (Wildman–Crippen MR) is 31.6 cm³/mol. The van der Waals surface area contributed by atoms with E-state index in [0.29, 0.717) is 0 Å². The third-order valence-electron chi connectivity index (χ3n) is 0.893. The highest BCUT2D eigenvalue weighted by Crippen LogP contribution is 1.88. The third kappa shape index (κ3) is 2.25. The fraction of sp³-hybridized carbons (Fsp3) is 1.00. The molecule has 1 unspecified atom stereocenters. The monoisotopic (exact) mass is 138 g/mol. The summed E-state index contributed by atoms with van der Waals surface area (Å²) in [5.74, 6) is 0. The number of hydrogen-bond donors (Lipinski definition) is 2. The Morgan fingerprint density at radius 2 is 2.00 bits per heavy atom. The van der Waals surface area contributed by atoms with Crippen LogP contribution in [0, 0.1) is 0 Å². The maximum absolute atomic E-state index is 10.3. The molecule has 0 aliphatic carbocycles. The van der Waals surface area contributed by atoms with Crippen molar-refractivity contribution in [2.75, 3.05) is 6.54 Å². The molecule has 0 fully saturated rings. The molecule has 4 N–H and O–H groups in total. The van der Waals surface area contributed by atoms with Crippen molar-refractivity contribution in [1.29, 1.82) is 0 Å². The predicted octanol–water partition coefficient (Wildman–Crippen LogP) is -1.38. The van der Waals surface area contributed by atoms with E-state index in [4.69, 9.17) is 5.73 Å². The Bertz CT molecular complexity index is 151. The molecule has 0 saturated carbocycles. The Labute approximate surface area is 48.9 Å². The Morgan fingerprint density at radius 3 is 2.00 bits per heavy atom. The van der Waals surface area contributed by atoms with Crippen LogP contribution in [-0.4, -0.2) is 20.2 Å². The molecule has 0 heterocycles. The normalized spacial score (nSPS) is 15.9. The lowest BCUT2D eigenvalue weighted by atomic mass is 10.5. The van der Waals surface area contributed by atoms with Crippen LogP contribution in [0.25, 0.3) is 0 Å². The molecule has 0 spiro atoms. The first-order valence-corrected chi connectivity index (χ1v) is 3.81. The van der Waals surface area contributed by atoms with Gasteiger partial charge in [0.1, 0.15) is 0 Å². The van der Waals surface area contributed by atoms with Crippen LogP contribution in [0.5, 0.6) is 0 Å². The Kier molecular flexibility index (Phi) is 2.39. The van der Waals surface area contributed by atoms with Crippen molar-refractivity contribution < 1.29 is 8.42 Å². The highest BCUT2D eigenvalue weighted by atomic mass is 32.2. The van der Waals surface area contributed by atoms with Crippen molar-refractivity contribution in [2.24, 2.45) is 10.9 Å². The molecule has 0 bridgehead atoms. The molecule has 0 aliphatic heterocycles. The van der Waals surface area contributed by atoms with Crippen LogP contribution < -0.4 is 10.9 Å². The van der Waals surface area contributed by atoms with E-state index in [-0.39, 0.29) is 6.54 Å². The number of rotatable bonds is 2. The molecular formula is C3H10N2O2S. The SMILES string of the molecule is CC(CN)S(N)(=O)=O. The van der Waals surface area contributed by atoms with E-state index in [0.717, 1.165) is 0 Å². The van der Waals surface area contributed by atoms with Crippen LogP contribution in [0.4, 0.5) is 0 Å². The maximum Gasteiger partial charge on any atom is 0.212 e. The summed E-state index contributed by atoms with van der Waals surface area (Å²) in [4.78, 5) is 0. The zero-order valence-corrected chi connectivity index (χ0v) is 5.48. The summed E-state index contributed by atoms with van der Waals surface area (Å²) >= 11 is 0. The largest absolute Gasteiger partial charge is 0.329 e. The van der Waals surface area contributed by atoms with Gasteiger partial charge in [-0.3, -0.25) is 0 Å². The van der Waals surface area contributed by atoms with Crippen molar-refractivity contribution in [3.05, 3.63) is 0 Å². The van der Waals surface area contributed by atoms with E-state index in [9.17, 15) is 8.42 Å². The van der Waals surface area contributed by atoms with Gasteiger partial charge in [0.25, 0.3) is 0 Å². The highest BCUT2D eigenvalue weighted by molar-refractivity contribution is 7.89. The van der Waals surface area contributed by atoms with E-state index in [1.165, 1.54) is 6.92 Å². The summed E-state index contributed by atoms with van der Waals surface area (Å²) < 4.78 is 20.5. The lowest BCUT2D eigenvalue weighted by molar-refractivity contribution is 0.586. The molecule has 50 valence electrons. The summed E-state index contributed by atoms with van der Waals surface area (Å²) in [5.41, 5.74) is 5.00. The van der Waals surface area contributed by atoms with Gasteiger partial charge in [-0.25, -0.2) is 13.6 Å². The molecule has 4 nitrogen and oxygen atoms in total. The third-order valence-corrected chi connectivity index (χ3v) is 2.21. The Balaban J connectivity index is 4.04. The summed E-state index contributed by atoms with van der Waals surface area (Å²) in [6.07, 6.45) is 0. The van der Waals surface area contributed by atoms with Crippen LogP contribution in [0.15, 0.2) is 0 Å². The van der Waals surface area contributed by atoms with Gasteiger partial charge < -0.3 is 5.73 Å². The van der Waals surface area contributed by atoms with Crippen LogP contribution >= 0.6 is 0 Å². The second-order valence-electron chi connectivity index (χ2n) is 1.64. The first-order chi connectivity index (χ1) is 3.48. The van der Waals surface area contributed by atoms with Gasteiger partial charge in [0.05, 0.1) is 5.25 Å². The average Bonchev–Trinajstić information content (AvgIpc) is 1.62. The molecule has 0 radical (unpaired) electrons. The summed E-state index contributed by atoms with van der Waals surface area (Å²) in [6.45, 7) is 1.55. The lowest BCUT2D eigenvalue weighted by Crippen LogP contribution is -2.32. The summed E-state index contributed by atoms with van der Waals surface area (Å²) in [6, 6.07) is 0. The van der Waals surface area contributed by atoms with Crippen LogP contribution in [0.2, 0.25) is 0 Å². The minimum absolute atomic E-state index is 0.0822. The van der Waals surface area contributed by atoms with E-state index < -0.39 is 15.3 Å². The van der Waals surface area contributed by atoms with Gasteiger partial charge in [0, 0.05) is 6.54 Å². The van der Waals surface area contributed by atoms with Crippen LogP contribution in [-0.2, 0) is 10.0 Å². The van der Waals surface area contributed by atoms with Gasteiger partial charge in [0.15, 0.2) is 0 Å². The summed E-state index contributed by atoms with van der Waals surface area (Å²) in [7, 11) is -3.38. The number of sulfonamides is 1. The Morgan fingerprint density at radius 1 is 1.62 bits per heavy atom. The van der Waals surface area contributed by atoms with Gasteiger partial charge in [-0.05, 0) is 6.92 Å². The quantitative estimate of drug-likeness (QED) is 0.493. The fourth-order valence-electron chi connectivity index (χ4n) is 0.134. The number of nitrogens with two attached hydrogens (primary N) is 2. The molecular weight excluding hydrogens is 128 g/mol. The highest BCUT2D eigenvalue weighted by Gasteiger charge is 2.11. The van der Waals surface area contributed by atoms with Crippen molar-refractivity contribution in [3.8, 4) is 0 Å². The topological polar surface area (TPSA) is 86.2 Å². The molecule has 0 saturated heterocycles. The fourth-order valence-corrected chi connectivity index (χ4v) is 0.402. The first-order valence-electron chi connectivity index (χ1n) is 2.20. The average molecular weight is 138 g/mol. The molecule has 1 atom stereocenters. The Hall–Kier alpha value is -0.130. The van der Waals surface area contributed by atoms with Gasteiger partial charge in [-0.15, -0.1) is 0 Å².